The van der Waals surface area contributed by atoms with Crippen molar-refractivity contribution in [2.45, 2.75) is 50.5 Å². The second-order valence-electron chi connectivity index (χ2n) is 6.08. The second kappa shape index (κ2) is 15.2. The first kappa shape index (κ1) is 26.2. The number of carbonyl (C=O) groups excluding carboxylic acids is 3. The SMILES string of the molecule is CC(C)(C)OC(=O)CCC(N)=O.CSc1ccc(CCN)cc1.NC=O. The van der Waals surface area contributed by atoms with Crippen LogP contribution < -0.4 is 17.2 Å². The van der Waals surface area contributed by atoms with Crippen LogP contribution in [-0.2, 0) is 25.5 Å². The van der Waals surface area contributed by atoms with Gasteiger partial charge in [0.15, 0.2) is 0 Å². The van der Waals surface area contributed by atoms with Crippen LogP contribution in [-0.4, -0.2) is 36.7 Å². The highest BCUT2D eigenvalue weighted by molar-refractivity contribution is 7.98. The zero-order chi connectivity index (χ0) is 20.6. The Balaban J connectivity index is 0. The van der Waals surface area contributed by atoms with Crippen molar-refractivity contribution < 1.29 is 19.1 Å². The quantitative estimate of drug-likeness (QED) is 0.386. The second-order valence-corrected chi connectivity index (χ2v) is 6.96. The molecule has 0 aliphatic carbocycles. The van der Waals surface area contributed by atoms with Crippen molar-refractivity contribution in [1.29, 1.82) is 0 Å². The molecule has 0 saturated carbocycles. The molecular weight excluding hydrogens is 354 g/mol. The highest BCUT2D eigenvalue weighted by Gasteiger charge is 2.16. The van der Waals surface area contributed by atoms with E-state index in [2.05, 4.69) is 36.3 Å². The zero-order valence-corrected chi connectivity index (χ0v) is 16.8. The summed E-state index contributed by atoms with van der Waals surface area (Å²) in [6, 6.07) is 8.54. The Kier molecular flexibility index (Phi) is 15.3. The number of hydrogen-bond donors (Lipinski definition) is 3. The monoisotopic (exact) mass is 385 g/mol. The van der Waals surface area contributed by atoms with Gasteiger partial charge in [0.25, 0.3) is 0 Å². The normalized spacial score (nSPS) is 9.73. The first-order valence-electron chi connectivity index (χ1n) is 8.08. The van der Waals surface area contributed by atoms with E-state index in [9.17, 15) is 9.59 Å². The number of amides is 2. The van der Waals surface area contributed by atoms with E-state index in [0.717, 1.165) is 13.0 Å². The first-order valence-corrected chi connectivity index (χ1v) is 9.30. The fraction of sp³-hybridized carbons (Fsp3) is 0.500. The molecule has 0 saturated heterocycles. The number of ether oxygens (including phenoxy) is 1. The van der Waals surface area contributed by atoms with Gasteiger partial charge >= 0.3 is 5.97 Å². The molecule has 7 nitrogen and oxygen atoms in total. The number of nitrogens with two attached hydrogens (primary N) is 3. The summed E-state index contributed by atoms with van der Waals surface area (Å²) >= 11 is 1.76. The Labute approximate surface area is 160 Å². The topological polar surface area (TPSA) is 138 Å². The summed E-state index contributed by atoms with van der Waals surface area (Å²) in [5.74, 6) is -0.873. The number of esters is 1. The third kappa shape index (κ3) is 18.3. The first-order chi connectivity index (χ1) is 12.1. The number of rotatable bonds is 6. The molecule has 0 unspecified atom stereocenters. The largest absolute Gasteiger partial charge is 0.460 e. The van der Waals surface area contributed by atoms with Crippen molar-refractivity contribution in [2.75, 3.05) is 12.8 Å². The molecule has 8 heteroatoms. The summed E-state index contributed by atoms with van der Waals surface area (Å²) in [4.78, 5) is 31.1. The molecule has 26 heavy (non-hydrogen) atoms. The Morgan fingerprint density at radius 2 is 1.65 bits per heavy atom. The van der Waals surface area contributed by atoms with Gasteiger partial charge in [0, 0.05) is 11.3 Å². The predicted octanol–water partition coefficient (Wildman–Crippen LogP) is 1.60. The number of thioether (sulfide) groups is 1. The maximum absolute atomic E-state index is 10.9. The number of primary amides is 2. The lowest BCUT2D eigenvalue weighted by Crippen LogP contribution is -2.24. The minimum Gasteiger partial charge on any atom is -0.460 e. The molecule has 0 aliphatic heterocycles. The van der Waals surface area contributed by atoms with E-state index in [-0.39, 0.29) is 25.2 Å². The van der Waals surface area contributed by atoms with Crippen molar-refractivity contribution in [3.63, 3.8) is 0 Å². The summed E-state index contributed by atoms with van der Waals surface area (Å²) in [6.45, 7) is 6.05. The molecule has 0 spiro atoms. The van der Waals surface area contributed by atoms with Crippen LogP contribution in [0.2, 0.25) is 0 Å². The van der Waals surface area contributed by atoms with Crippen LogP contribution in [0.4, 0.5) is 0 Å². The van der Waals surface area contributed by atoms with Crippen LogP contribution in [0.5, 0.6) is 0 Å². The number of benzene rings is 1. The van der Waals surface area contributed by atoms with E-state index in [1.807, 2.05) is 0 Å². The summed E-state index contributed by atoms with van der Waals surface area (Å²) in [5, 5.41) is 0. The number of carbonyl (C=O) groups is 3. The van der Waals surface area contributed by atoms with E-state index in [1.165, 1.54) is 10.5 Å². The van der Waals surface area contributed by atoms with Gasteiger partial charge in [0.1, 0.15) is 5.60 Å². The lowest BCUT2D eigenvalue weighted by atomic mass is 10.2. The molecule has 0 radical (unpaired) electrons. The van der Waals surface area contributed by atoms with E-state index in [0.29, 0.717) is 0 Å². The summed E-state index contributed by atoms with van der Waals surface area (Å²) in [6.07, 6.45) is 3.42. The average molecular weight is 386 g/mol. The highest BCUT2D eigenvalue weighted by atomic mass is 32.2. The summed E-state index contributed by atoms with van der Waals surface area (Å²) in [7, 11) is 0. The smallest absolute Gasteiger partial charge is 0.306 e. The minimum atomic E-state index is -0.491. The molecule has 2 amide bonds. The Morgan fingerprint density at radius 1 is 1.15 bits per heavy atom. The van der Waals surface area contributed by atoms with E-state index < -0.39 is 11.5 Å². The standard InChI is InChI=1S/C9H13NS.C8H15NO3.CH3NO/c1-11-9-4-2-8(3-5-9)6-7-10;1-8(2,3)12-7(11)5-4-6(9)10;2-1-3/h2-5H,6-7,10H2,1H3;4-5H2,1-3H3,(H2,9,10);1H,(H2,2,3). The average Bonchev–Trinajstić information content (AvgIpc) is 2.54. The van der Waals surface area contributed by atoms with Gasteiger partial charge in [0.05, 0.1) is 6.42 Å². The van der Waals surface area contributed by atoms with Gasteiger partial charge in [-0.2, -0.15) is 0 Å². The van der Waals surface area contributed by atoms with Gasteiger partial charge in [0.2, 0.25) is 12.3 Å². The molecule has 0 aliphatic rings. The molecule has 1 rings (SSSR count). The number of hydrogen-bond acceptors (Lipinski definition) is 6. The maximum atomic E-state index is 10.9. The van der Waals surface area contributed by atoms with Gasteiger partial charge in [-0.05, 0) is 57.7 Å². The van der Waals surface area contributed by atoms with Crippen LogP contribution in [0.1, 0.15) is 39.2 Å². The van der Waals surface area contributed by atoms with Gasteiger partial charge in [-0.15, -0.1) is 11.8 Å². The van der Waals surface area contributed by atoms with Crippen molar-refractivity contribution in [2.24, 2.45) is 17.2 Å². The molecule has 6 N–H and O–H groups in total. The molecule has 0 fully saturated rings. The minimum absolute atomic E-state index is 0.0505. The summed E-state index contributed by atoms with van der Waals surface area (Å²) in [5.41, 5.74) is 15.3. The van der Waals surface area contributed by atoms with Gasteiger partial charge < -0.3 is 21.9 Å². The molecule has 0 atom stereocenters. The fourth-order valence-electron chi connectivity index (χ4n) is 1.58. The fourth-order valence-corrected chi connectivity index (χ4v) is 1.98. The third-order valence-electron chi connectivity index (χ3n) is 2.59. The zero-order valence-electron chi connectivity index (χ0n) is 16.0. The van der Waals surface area contributed by atoms with Crippen molar-refractivity contribution in [3.05, 3.63) is 29.8 Å². The molecule has 148 valence electrons. The van der Waals surface area contributed by atoms with Crippen molar-refractivity contribution in [1.82, 2.24) is 0 Å². The van der Waals surface area contributed by atoms with E-state index in [1.54, 1.807) is 32.5 Å². The van der Waals surface area contributed by atoms with Crippen LogP contribution in [0, 0.1) is 0 Å². The van der Waals surface area contributed by atoms with Gasteiger partial charge in [-0.25, -0.2) is 0 Å². The molecule has 0 bridgehead atoms. The predicted molar refractivity (Wildman–Crippen MR) is 106 cm³/mol. The van der Waals surface area contributed by atoms with E-state index >= 15 is 0 Å². The molecule has 0 heterocycles. The highest BCUT2D eigenvalue weighted by Crippen LogP contribution is 2.14. The third-order valence-corrected chi connectivity index (χ3v) is 3.33. The molecule has 0 aromatic heterocycles. The van der Waals surface area contributed by atoms with Crippen molar-refractivity contribution in [3.8, 4) is 0 Å². The molecular formula is C18H31N3O4S. The maximum Gasteiger partial charge on any atom is 0.306 e. The molecule has 1 aromatic carbocycles. The lowest BCUT2D eigenvalue weighted by molar-refractivity contribution is -0.155. The van der Waals surface area contributed by atoms with Gasteiger partial charge in [-0.3, -0.25) is 14.4 Å². The van der Waals surface area contributed by atoms with Crippen LogP contribution in [0.25, 0.3) is 0 Å². The lowest BCUT2D eigenvalue weighted by Gasteiger charge is -2.19. The van der Waals surface area contributed by atoms with Crippen LogP contribution in [0.15, 0.2) is 29.2 Å². The Morgan fingerprint density at radius 3 is 2.00 bits per heavy atom. The van der Waals surface area contributed by atoms with Gasteiger partial charge in [-0.1, -0.05) is 12.1 Å². The molecule has 1 aromatic rings. The van der Waals surface area contributed by atoms with Crippen LogP contribution >= 0.6 is 11.8 Å². The summed E-state index contributed by atoms with van der Waals surface area (Å²) < 4.78 is 4.94. The van der Waals surface area contributed by atoms with Crippen molar-refractivity contribution >= 4 is 30.0 Å². The van der Waals surface area contributed by atoms with Crippen LogP contribution in [0.3, 0.4) is 0 Å². The Bertz CT molecular complexity index is 528. The Hall–Kier alpha value is -2.06. The van der Waals surface area contributed by atoms with E-state index in [4.69, 9.17) is 21.0 Å².